The van der Waals surface area contributed by atoms with Gasteiger partial charge in [-0.2, -0.15) is 5.10 Å². The monoisotopic (exact) mass is 318 g/mol. The highest BCUT2D eigenvalue weighted by atomic mass is 79.9. The number of hydrogen-bond donors (Lipinski definition) is 1. The van der Waals surface area contributed by atoms with Crippen LogP contribution in [0.4, 0.5) is 5.69 Å². The van der Waals surface area contributed by atoms with E-state index >= 15 is 0 Å². The SMILES string of the molecule is COc1ccc(/C(C)=N/Nc2ccc(Br)cc2)cc1. The normalized spacial score (nSPS) is 11.2. The first-order chi connectivity index (χ1) is 9.19. The molecule has 0 aromatic heterocycles. The Morgan fingerprint density at radius 2 is 1.68 bits per heavy atom. The van der Waals surface area contributed by atoms with E-state index in [0.29, 0.717) is 0 Å². The predicted octanol–water partition coefficient (Wildman–Crippen LogP) is 4.29. The van der Waals surface area contributed by atoms with Crippen molar-refractivity contribution in [1.29, 1.82) is 0 Å². The summed E-state index contributed by atoms with van der Waals surface area (Å²) >= 11 is 3.40. The van der Waals surface area contributed by atoms with Crippen LogP contribution in [0.5, 0.6) is 5.75 Å². The van der Waals surface area contributed by atoms with Gasteiger partial charge in [0.15, 0.2) is 0 Å². The van der Waals surface area contributed by atoms with Crippen molar-refractivity contribution in [1.82, 2.24) is 0 Å². The average Bonchev–Trinajstić information content (AvgIpc) is 2.46. The van der Waals surface area contributed by atoms with Crippen LogP contribution < -0.4 is 10.2 Å². The first-order valence-corrected chi connectivity index (χ1v) is 6.68. The van der Waals surface area contributed by atoms with Gasteiger partial charge in [-0.3, -0.25) is 5.43 Å². The number of benzene rings is 2. The van der Waals surface area contributed by atoms with Crippen LogP contribution in [0.2, 0.25) is 0 Å². The Morgan fingerprint density at radius 3 is 2.26 bits per heavy atom. The predicted molar refractivity (Wildman–Crippen MR) is 83.0 cm³/mol. The Hall–Kier alpha value is -1.81. The molecule has 0 aliphatic heterocycles. The lowest BCUT2D eigenvalue weighted by Gasteiger charge is -2.05. The van der Waals surface area contributed by atoms with Gasteiger partial charge in [-0.1, -0.05) is 15.9 Å². The number of nitrogens with one attached hydrogen (secondary N) is 1. The average molecular weight is 319 g/mol. The number of ether oxygens (including phenoxy) is 1. The number of rotatable bonds is 4. The summed E-state index contributed by atoms with van der Waals surface area (Å²) in [5, 5.41) is 4.36. The summed E-state index contributed by atoms with van der Waals surface area (Å²) < 4.78 is 6.18. The van der Waals surface area contributed by atoms with Gasteiger partial charge in [-0.05, 0) is 61.0 Å². The van der Waals surface area contributed by atoms with Crippen molar-refractivity contribution in [3.63, 3.8) is 0 Å². The summed E-state index contributed by atoms with van der Waals surface area (Å²) in [7, 11) is 1.66. The molecule has 0 heterocycles. The molecular weight excluding hydrogens is 304 g/mol. The number of nitrogens with zero attached hydrogens (tertiary/aromatic N) is 1. The molecule has 98 valence electrons. The van der Waals surface area contributed by atoms with E-state index in [-0.39, 0.29) is 0 Å². The second kappa shape index (κ2) is 6.38. The topological polar surface area (TPSA) is 33.6 Å². The lowest BCUT2D eigenvalue weighted by Crippen LogP contribution is -1.99. The molecule has 0 unspecified atom stereocenters. The van der Waals surface area contributed by atoms with E-state index in [0.717, 1.165) is 27.2 Å². The van der Waals surface area contributed by atoms with Crippen molar-refractivity contribution < 1.29 is 4.74 Å². The number of halogens is 1. The van der Waals surface area contributed by atoms with Crippen LogP contribution in [-0.2, 0) is 0 Å². The summed E-state index contributed by atoms with van der Waals surface area (Å²) in [5.41, 5.74) is 5.97. The van der Waals surface area contributed by atoms with Crippen molar-refractivity contribution in [2.75, 3.05) is 12.5 Å². The van der Waals surface area contributed by atoms with Gasteiger partial charge in [-0.25, -0.2) is 0 Å². The number of anilines is 1. The molecule has 0 atom stereocenters. The molecule has 3 nitrogen and oxygen atoms in total. The first kappa shape index (κ1) is 13.6. The molecule has 0 saturated carbocycles. The molecule has 0 bridgehead atoms. The van der Waals surface area contributed by atoms with Gasteiger partial charge >= 0.3 is 0 Å². The maximum atomic E-state index is 5.13. The fraction of sp³-hybridized carbons (Fsp3) is 0.133. The van der Waals surface area contributed by atoms with Crippen molar-refractivity contribution in [3.05, 3.63) is 58.6 Å². The Balaban J connectivity index is 2.07. The maximum Gasteiger partial charge on any atom is 0.118 e. The molecule has 2 rings (SSSR count). The molecule has 0 aliphatic carbocycles. The van der Waals surface area contributed by atoms with Crippen LogP contribution >= 0.6 is 15.9 Å². The molecule has 4 heteroatoms. The Kier molecular flexibility index (Phi) is 4.58. The summed E-state index contributed by atoms with van der Waals surface area (Å²) in [4.78, 5) is 0. The van der Waals surface area contributed by atoms with E-state index in [1.54, 1.807) is 7.11 Å². The fourth-order valence-electron chi connectivity index (χ4n) is 1.57. The maximum absolute atomic E-state index is 5.13. The Labute approximate surface area is 121 Å². The molecular formula is C15H15BrN2O. The van der Waals surface area contributed by atoms with Gasteiger partial charge in [0.1, 0.15) is 5.75 Å². The number of hydrazone groups is 1. The molecule has 1 N–H and O–H groups in total. The van der Waals surface area contributed by atoms with Crippen molar-refractivity contribution in [3.8, 4) is 5.75 Å². The standard InChI is InChI=1S/C15H15BrN2O/c1-11(12-3-9-15(19-2)10-4-12)17-18-14-7-5-13(16)6-8-14/h3-10,18H,1-2H3/b17-11+. The van der Waals surface area contributed by atoms with E-state index in [2.05, 4.69) is 26.5 Å². The zero-order valence-electron chi connectivity index (χ0n) is 10.9. The Morgan fingerprint density at radius 1 is 1.05 bits per heavy atom. The van der Waals surface area contributed by atoms with Crippen molar-refractivity contribution in [2.45, 2.75) is 6.92 Å². The van der Waals surface area contributed by atoms with Crippen LogP contribution in [0.1, 0.15) is 12.5 Å². The van der Waals surface area contributed by atoms with Crippen LogP contribution in [0.15, 0.2) is 58.1 Å². The quantitative estimate of drug-likeness (QED) is 0.673. The smallest absolute Gasteiger partial charge is 0.118 e. The van der Waals surface area contributed by atoms with E-state index in [9.17, 15) is 0 Å². The van der Waals surface area contributed by atoms with Crippen LogP contribution in [-0.4, -0.2) is 12.8 Å². The van der Waals surface area contributed by atoms with E-state index in [1.807, 2.05) is 55.5 Å². The highest BCUT2D eigenvalue weighted by Gasteiger charge is 1.98. The van der Waals surface area contributed by atoms with E-state index in [1.165, 1.54) is 0 Å². The molecule has 19 heavy (non-hydrogen) atoms. The van der Waals surface area contributed by atoms with Crippen LogP contribution in [0, 0.1) is 0 Å². The van der Waals surface area contributed by atoms with E-state index in [4.69, 9.17) is 4.74 Å². The summed E-state index contributed by atoms with van der Waals surface area (Å²) in [6.45, 7) is 1.97. The summed E-state index contributed by atoms with van der Waals surface area (Å²) in [6, 6.07) is 15.7. The summed E-state index contributed by atoms with van der Waals surface area (Å²) in [5.74, 6) is 0.845. The third kappa shape index (κ3) is 3.83. The first-order valence-electron chi connectivity index (χ1n) is 5.89. The third-order valence-electron chi connectivity index (χ3n) is 2.70. The Bertz CT molecular complexity index is 562. The van der Waals surface area contributed by atoms with Gasteiger partial charge in [0.05, 0.1) is 18.5 Å². The van der Waals surface area contributed by atoms with Gasteiger partial charge in [0.2, 0.25) is 0 Å². The molecule has 0 fully saturated rings. The van der Waals surface area contributed by atoms with Gasteiger partial charge in [-0.15, -0.1) is 0 Å². The molecule has 0 aliphatic rings. The zero-order chi connectivity index (χ0) is 13.7. The van der Waals surface area contributed by atoms with Gasteiger partial charge in [0, 0.05) is 4.47 Å². The third-order valence-corrected chi connectivity index (χ3v) is 3.23. The molecule has 0 radical (unpaired) electrons. The highest BCUT2D eigenvalue weighted by Crippen LogP contribution is 2.15. The molecule has 0 saturated heterocycles. The number of hydrogen-bond acceptors (Lipinski definition) is 3. The van der Waals surface area contributed by atoms with Gasteiger partial charge < -0.3 is 4.74 Å². The summed E-state index contributed by atoms with van der Waals surface area (Å²) in [6.07, 6.45) is 0. The molecule has 0 amide bonds. The van der Waals surface area contributed by atoms with E-state index < -0.39 is 0 Å². The van der Waals surface area contributed by atoms with Crippen LogP contribution in [0.3, 0.4) is 0 Å². The van der Waals surface area contributed by atoms with Crippen molar-refractivity contribution in [2.24, 2.45) is 5.10 Å². The molecule has 0 spiro atoms. The minimum atomic E-state index is 0.845. The second-order valence-electron chi connectivity index (χ2n) is 4.04. The minimum Gasteiger partial charge on any atom is -0.497 e. The van der Waals surface area contributed by atoms with Crippen molar-refractivity contribution >= 4 is 27.3 Å². The second-order valence-corrected chi connectivity index (χ2v) is 4.96. The van der Waals surface area contributed by atoms with Gasteiger partial charge in [0.25, 0.3) is 0 Å². The highest BCUT2D eigenvalue weighted by molar-refractivity contribution is 9.10. The number of methoxy groups -OCH3 is 1. The zero-order valence-corrected chi connectivity index (χ0v) is 12.4. The molecule has 2 aromatic rings. The molecule has 2 aromatic carbocycles. The fourth-order valence-corrected chi connectivity index (χ4v) is 1.83. The lowest BCUT2D eigenvalue weighted by atomic mass is 10.1. The van der Waals surface area contributed by atoms with Crippen LogP contribution in [0.25, 0.3) is 0 Å². The lowest BCUT2D eigenvalue weighted by molar-refractivity contribution is 0.415. The minimum absolute atomic E-state index is 0.845. The largest absolute Gasteiger partial charge is 0.497 e.